The van der Waals surface area contributed by atoms with E-state index in [1.54, 1.807) is 12.1 Å². The molecule has 0 aliphatic carbocycles. The summed E-state index contributed by atoms with van der Waals surface area (Å²) < 4.78 is 5.85. The predicted molar refractivity (Wildman–Crippen MR) is 138 cm³/mol. The molecule has 32 heavy (non-hydrogen) atoms. The van der Waals surface area contributed by atoms with Crippen LogP contribution in [0.4, 0.5) is 0 Å². The van der Waals surface area contributed by atoms with E-state index in [2.05, 4.69) is 29.2 Å². The second-order valence-electron chi connectivity index (χ2n) is 7.38. The molecule has 1 N–H and O–H groups in total. The predicted octanol–water partition coefficient (Wildman–Crippen LogP) is 6.95. The van der Waals surface area contributed by atoms with E-state index in [1.165, 1.54) is 5.57 Å². The van der Waals surface area contributed by atoms with E-state index in [9.17, 15) is 5.11 Å². The highest BCUT2D eigenvalue weighted by atomic mass is 35.5. The summed E-state index contributed by atoms with van der Waals surface area (Å²) >= 11 is 6.20. The van der Waals surface area contributed by atoms with E-state index in [4.69, 9.17) is 16.3 Å². The molecule has 0 unspecified atom stereocenters. The third-order valence-corrected chi connectivity index (χ3v) is 5.06. The van der Waals surface area contributed by atoms with Crippen LogP contribution in [0.3, 0.4) is 0 Å². The molecule has 0 saturated carbocycles. The maximum Gasteiger partial charge on any atom is 0.119 e. The number of nitrogens with zero attached hydrogens (tertiary/aromatic N) is 1. The standard InChI is InChI=1S/C26H28ClNO2.C2H6/c1-28(2)18-19-30-24-14-10-22(11-15-24)26(21-8-12-23(29)13-9-21)25(16-17-27)20-6-4-3-5-7-20;1-2/h3-15,29H,16-19H2,1-2H3;1-2H3/b26-25-;. The number of rotatable bonds is 9. The van der Waals surface area contributed by atoms with Crippen LogP contribution in [-0.4, -0.2) is 43.1 Å². The largest absolute Gasteiger partial charge is 0.508 e. The summed E-state index contributed by atoms with van der Waals surface area (Å²) in [7, 11) is 4.06. The van der Waals surface area contributed by atoms with Gasteiger partial charge in [0.25, 0.3) is 0 Å². The monoisotopic (exact) mass is 451 g/mol. The molecule has 3 rings (SSSR count). The molecule has 0 radical (unpaired) electrons. The molecule has 4 heteroatoms. The van der Waals surface area contributed by atoms with Crippen LogP contribution in [0, 0.1) is 0 Å². The minimum absolute atomic E-state index is 0.251. The first-order valence-electron chi connectivity index (χ1n) is 11.1. The molecule has 0 spiro atoms. The number of benzene rings is 3. The van der Waals surface area contributed by atoms with Crippen LogP contribution in [-0.2, 0) is 0 Å². The smallest absolute Gasteiger partial charge is 0.119 e. The van der Waals surface area contributed by atoms with Crippen molar-refractivity contribution in [3.05, 3.63) is 95.6 Å². The highest BCUT2D eigenvalue weighted by molar-refractivity contribution is 6.18. The molecule has 0 bridgehead atoms. The summed E-state index contributed by atoms with van der Waals surface area (Å²) in [6, 6.07) is 25.9. The van der Waals surface area contributed by atoms with E-state index in [0.29, 0.717) is 12.5 Å². The molecule has 0 heterocycles. The summed E-state index contributed by atoms with van der Waals surface area (Å²) in [5.74, 6) is 1.63. The van der Waals surface area contributed by atoms with Gasteiger partial charge in [-0.2, -0.15) is 0 Å². The number of phenolic OH excluding ortho intramolecular Hbond substituents is 1. The number of hydrogen-bond acceptors (Lipinski definition) is 3. The van der Waals surface area contributed by atoms with Crippen molar-refractivity contribution >= 4 is 22.7 Å². The van der Waals surface area contributed by atoms with E-state index in [1.807, 2.05) is 70.4 Å². The van der Waals surface area contributed by atoms with Gasteiger partial charge in [0.15, 0.2) is 0 Å². The highest BCUT2D eigenvalue weighted by Crippen LogP contribution is 2.35. The lowest BCUT2D eigenvalue weighted by Gasteiger charge is -2.17. The Morgan fingerprint density at radius 2 is 1.38 bits per heavy atom. The fourth-order valence-electron chi connectivity index (χ4n) is 3.35. The molecule has 0 aliphatic heterocycles. The fourth-order valence-corrected chi connectivity index (χ4v) is 3.54. The molecule has 0 aromatic heterocycles. The topological polar surface area (TPSA) is 32.7 Å². The fraction of sp³-hybridized carbons (Fsp3) is 0.286. The minimum Gasteiger partial charge on any atom is -0.508 e. The maximum absolute atomic E-state index is 9.77. The van der Waals surface area contributed by atoms with Crippen molar-refractivity contribution < 1.29 is 9.84 Å². The normalized spacial score (nSPS) is 11.4. The number of halogens is 1. The van der Waals surface area contributed by atoms with Gasteiger partial charge in [-0.25, -0.2) is 0 Å². The summed E-state index contributed by atoms with van der Waals surface area (Å²) in [6.45, 7) is 5.52. The number of likely N-dealkylation sites (N-methyl/N-ethyl adjacent to an activating group) is 1. The van der Waals surface area contributed by atoms with Gasteiger partial charge in [-0.1, -0.05) is 68.4 Å². The first kappa shape index (κ1) is 25.5. The molecule has 0 amide bonds. The zero-order valence-corrected chi connectivity index (χ0v) is 20.3. The minimum atomic E-state index is 0.251. The molecule has 0 saturated heterocycles. The van der Waals surface area contributed by atoms with Crippen molar-refractivity contribution in [2.75, 3.05) is 33.1 Å². The van der Waals surface area contributed by atoms with Crippen molar-refractivity contribution in [3.8, 4) is 11.5 Å². The van der Waals surface area contributed by atoms with E-state index in [0.717, 1.165) is 41.0 Å². The Bertz CT molecular complexity index is 949. The van der Waals surface area contributed by atoms with Crippen LogP contribution >= 0.6 is 11.6 Å². The molecule has 0 aliphatic rings. The van der Waals surface area contributed by atoms with Gasteiger partial charge < -0.3 is 14.7 Å². The third-order valence-electron chi connectivity index (χ3n) is 4.87. The van der Waals surface area contributed by atoms with Crippen LogP contribution in [0.2, 0.25) is 0 Å². The number of aromatic hydroxyl groups is 1. The Labute approximate surface area is 197 Å². The summed E-state index contributed by atoms with van der Waals surface area (Å²) in [5.41, 5.74) is 5.56. The van der Waals surface area contributed by atoms with Crippen LogP contribution in [0.5, 0.6) is 11.5 Å². The van der Waals surface area contributed by atoms with Crippen molar-refractivity contribution in [3.63, 3.8) is 0 Å². The van der Waals surface area contributed by atoms with Gasteiger partial charge in [0.2, 0.25) is 0 Å². The quantitative estimate of drug-likeness (QED) is 0.282. The first-order valence-corrected chi connectivity index (χ1v) is 11.6. The molecule has 3 nitrogen and oxygen atoms in total. The number of ether oxygens (including phenoxy) is 1. The Kier molecular flexibility index (Phi) is 10.9. The van der Waals surface area contributed by atoms with Crippen LogP contribution in [0.1, 0.15) is 37.0 Å². The summed E-state index contributed by atoms with van der Waals surface area (Å²) in [4.78, 5) is 2.10. The van der Waals surface area contributed by atoms with Crippen molar-refractivity contribution in [1.29, 1.82) is 0 Å². The van der Waals surface area contributed by atoms with Gasteiger partial charge in [-0.3, -0.25) is 0 Å². The molecule has 0 atom stereocenters. The molecule has 3 aromatic rings. The zero-order valence-electron chi connectivity index (χ0n) is 19.5. The van der Waals surface area contributed by atoms with Gasteiger partial charge in [-0.05, 0) is 72.6 Å². The van der Waals surface area contributed by atoms with Gasteiger partial charge in [0.1, 0.15) is 18.1 Å². The zero-order chi connectivity index (χ0) is 23.3. The van der Waals surface area contributed by atoms with Crippen LogP contribution < -0.4 is 4.74 Å². The third kappa shape index (κ3) is 7.44. The van der Waals surface area contributed by atoms with E-state index < -0.39 is 0 Å². The van der Waals surface area contributed by atoms with Gasteiger partial charge in [0.05, 0.1) is 0 Å². The van der Waals surface area contributed by atoms with E-state index >= 15 is 0 Å². The Morgan fingerprint density at radius 3 is 1.91 bits per heavy atom. The second kappa shape index (κ2) is 13.6. The van der Waals surface area contributed by atoms with E-state index in [-0.39, 0.29) is 5.75 Å². The number of alkyl halides is 1. The lowest BCUT2D eigenvalue weighted by molar-refractivity contribution is 0.261. The first-order chi connectivity index (χ1) is 15.6. The number of hydrogen-bond donors (Lipinski definition) is 1. The molecule has 3 aromatic carbocycles. The molecule has 0 fully saturated rings. The average molecular weight is 452 g/mol. The average Bonchev–Trinajstić information content (AvgIpc) is 2.82. The molecule has 170 valence electrons. The van der Waals surface area contributed by atoms with Gasteiger partial charge in [-0.15, -0.1) is 11.6 Å². The van der Waals surface area contributed by atoms with Crippen LogP contribution in [0.25, 0.3) is 11.1 Å². The Hall–Kier alpha value is -2.75. The summed E-state index contributed by atoms with van der Waals surface area (Å²) in [5, 5.41) is 9.77. The van der Waals surface area contributed by atoms with Gasteiger partial charge >= 0.3 is 0 Å². The van der Waals surface area contributed by atoms with Gasteiger partial charge in [0, 0.05) is 12.4 Å². The maximum atomic E-state index is 9.77. The second-order valence-corrected chi connectivity index (χ2v) is 7.76. The number of allylic oxidation sites excluding steroid dienone is 1. The van der Waals surface area contributed by atoms with Crippen molar-refractivity contribution in [2.24, 2.45) is 0 Å². The highest BCUT2D eigenvalue weighted by Gasteiger charge is 2.14. The van der Waals surface area contributed by atoms with Crippen LogP contribution in [0.15, 0.2) is 78.9 Å². The molecular weight excluding hydrogens is 418 g/mol. The van der Waals surface area contributed by atoms with Crippen molar-refractivity contribution in [1.82, 2.24) is 4.90 Å². The lowest BCUT2D eigenvalue weighted by Crippen LogP contribution is -2.19. The summed E-state index contributed by atoms with van der Waals surface area (Å²) in [6.07, 6.45) is 0.739. The molecular formula is C28H34ClNO2. The number of phenols is 1. The Balaban J connectivity index is 0.00000176. The Morgan fingerprint density at radius 1 is 0.812 bits per heavy atom. The SMILES string of the molecule is CC.CN(C)CCOc1ccc(/C(=C(/CCCl)c2ccccc2)c2ccc(O)cc2)cc1. The van der Waals surface area contributed by atoms with Crippen molar-refractivity contribution in [2.45, 2.75) is 20.3 Å². The lowest BCUT2D eigenvalue weighted by atomic mass is 9.88.